The normalized spacial score (nSPS) is 10.6. The second kappa shape index (κ2) is 5.20. The van der Waals surface area contributed by atoms with E-state index in [1.165, 1.54) is 23.9 Å². The summed E-state index contributed by atoms with van der Waals surface area (Å²) < 4.78 is 20.0. The van der Waals surface area contributed by atoms with Crippen molar-refractivity contribution in [2.24, 2.45) is 0 Å². The first-order chi connectivity index (χ1) is 10.2. The van der Waals surface area contributed by atoms with Crippen molar-refractivity contribution in [1.29, 1.82) is 0 Å². The van der Waals surface area contributed by atoms with Crippen molar-refractivity contribution in [2.75, 3.05) is 12.8 Å². The number of halogens is 1. The van der Waals surface area contributed by atoms with Gasteiger partial charge in [0, 0.05) is 5.56 Å². The fraction of sp³-hybridized carbons (Fsp3) is 0.0714. The largest absolute Gasteiger partial charge is 0.495 e. The Hall–Kier alpha value is -2.96. The molecular weight excluding hydrogens is 273 g/mol. The van der Waals surface area contributed by atoms with E-state index in [4.69, 9.17) is 10.5 Å². The van der Waals surface area contributed by atoms with Gasteiger partial charge >= 0.3 is 0 Å². The number of ether oxygens (including phenoxy) is 1. The van der Waals surface area contributed by atoms with Crippen LogP contribution >= 0.6 is 0 Å². The SMILES string of the molecule is COc1cc(-c2nnnn2-c2cccc(F)c2)ccc1N. The molecule has 0 atom stereocenters. The zero-order valence-corrected chi connectivity index (χ0v) is 11.2. The number of hydrogen-bond donors (Lipinski definition) is 1. The maximum Gasteiger partial charge on any atom is 0.187 e. The van der Waals surface area contributed by atoms with Crippen LogP contribution in [0.1, 0.15) is 0 Å². The maximum absolute atomic E-state index is 13.3. The van der Waals surface area contributed by atoms with Crippen LogP contribution in [0.15, 0.2) is 42.5 Å². The molecule has 6 nitrogen and oxygen atoms in total. The molecule has 0 radical (unpaired) electrons. The standard InChI is InChI=1S/C14H12FN5O/c1-21-13-7-9(5-6-12(13)16)14-17-18-19-20(14)11-4-2-3-10(15)8-11/h2-8H,16H2,1H3. The summed E-state index contributed by atoms with van der Waals surface area (Å²) in [5, 5.41) is 11.5. The number of nitrogens with two attached hydrogens (primary N) is 1. The van der Waals surface area contributed by atoms with E-state index in [-0.39, 0.29) is 5.82 Å². The van der Waals surface area contributed by atoms with Gasteiger partial charge in [0.05, 0.1) is 18.5 Å². The average Bonchev–Trinajstić information content (AvgIpc) is 2.97. The van der Waals surface area contributed by atoms with Gasteiger partial charge in [-0.2, -0.15) is 4.68 Å². The smallest absolute Gasteiger partial charge is 0.187 e. The molecule has 0 bridgehead atoms. The summed E-state index contributed by atoms with van der Waals surface area (Å²) in [4.78, 5) is 0. The van der Waals surface area contributed by atoms with E-state index in [0.717, 1.165) is 5.56 Å². The lowest BCUT2D eigenvalue weighted by Gasteiger charge is -2.08. The van der Waals surface area contributed by atoms with Gasteiger partial charge in [0.25, 0.3) is 0 Å². The van der Waals surface area contributed by atoms with Crippen LogP contribution in [0.2, 0.25) is 0 Å². The van der Waals surface area contributed by atoms with Crippen molar-refractivity contribution >= 4 is 5.69 Å². The molecule has 0 saturated heterocycles. The number of benzene rings is 2. The molecule has 2 aromatic carbocycles. The lowest BCUT2D eigenvalue weighted by atomic mass is 10.1. The van der Waals surface area contributed by atoms with Crippen molar-refractivity contribution in [1.82, 2.24) is 20.2 Å². The summed E-state index contributed by atoms with van der Waals surface area (Å²) in [7, 11) is 1.53. The second-order valence-electron chi connectivity index (χ2n) is 4.35. The highest BCUT2D eigenvalue weighted by Crippen LogP contribution is 2.28. The van der Waals surface area contributed by atoms with Gasteiger partial charge < -0.3 is 10.5 Å². The Morgan fingerprint density at radius 3 is 2.81 bits per heavy atom. The number of nitrogen functional groups attached to an aromatic ring is 1. The van der Waals surface area contributed by atoms with E-state index >= 15 is 0 Å². The summed E-state index contributed by atoms with van der Waals surface area (Å²) in [5.41, 5.74) is 7.56. The zero-order valence-electron chi connectivity index (χ0n) is 11.2. The number of rotatable bonds is 3. The van der Waals surface area contributed by atoms with Crippen LogP contribution in [0.4, 0.5) is 10.1 Å². The van der Waals surface area contributed by atoms with Crippen molar-refractivity contribution in [3.63, 3.8) is 0 Å². The van der Waals surface area contributed by atoms with E-state index < -0.39 is 0 Å². The molecule has 7 heteroatoms. The van der Waals surface area contributed by atoms with Crippen LogP contribution in [-0.2, 0) is 0 Å². The molecule has 1 heterocycles. The molecule has 0 aliphatic rings. The van der Waals surface area contributed by atoms with E-state index in [1.807, 2.05) is 0 Å². The van der Waals surface area contributed by atoms with Gasteiger partial charge in [-0.3, -0.25) is 0 Å². The molecule has 0 aliphatic heterocycles. The van der Waals surface area contributed by atoms with Crippen LogP contribution in [0.25, 0.3) is 17.1 Å². The fourth-order valence-electron chi connectivity index (χ4n) is 2.00. The lowest BCUT2D eigenvalue weighted by molar-refractivity contribution is 0.417. The van der Waals surface area contributed by atoms with Crippen LogP contribution < -0.4 is 10.5 Å². The van der Waals surface area contributed by atoms with Crippen molar-refractivity contribution < 1.29 is 9.13 Å². The third kappa shape index (κ3) is 2.40. The summed E-state index contributed by atoms with van der Waals surface area (Å²) in [6.07, 6.45) is 0. The molecule has 0 aliphatic carbocycles. The Kier molecular flexibility index (Phi) is 3.23. The summed E-state index contributed by atoms with van der Waals surface area (Å²) >= 11 is 0. The number of aromatic nitrogens is 4. The predicted molar refractivity (Wildman–Crippen MR) is 75.5 cm³/mol. The number of hydrogen-bond acceptors (Lipinski definition) is 5. The van der Waals surface area contributed by atoms with Crippen molar-refractivity contribution in [2.45, 2.75) is 0 Å². The fourth-order valence-corrected chi connectivity index (χ4v) is 2.00. The molecule has 0 unspecified atom stereocenters. The van der Waals surface area contributed by atoms with Gasteiger partial charge in [-0.15, -0.1) is 5.10 Å². The minimum Gasteiger partial charge on any atom is -0.495 e. The van der Waals surface area contributed by atoms with E-state index in [9.17, 15) is 4.39 Å². The van der Waals surface area contributed by atoms with Gasteiger partial charge in [-0.05, 0) is 46.8 Å². The van der Waals surface area contributed by atoms with Crippen molar-refractivity contribution in [3.05, 3.63) is 48.3 Å². The van der Waals surface area contributed by atoms with Gasteiger partial charge in [0.15, 0.2) is 5.82 Å². The van der Waals surface area contributed by atoms with E-state index in [2.05, 4.69) is 15.5 Å². The molecule has 0 amide bonds. The first-order valence-corrected chi connectivity index (χ1v) is 6.17. The lowest BCUT2D eigenvalue weighted by Crippen LogP contribution is -2.01. The third-order valence-corrected chi connectivity index (χ3v) is 3.01. The highest BCUT2D eigenvalue weighted by atomic mass is 19.1. The minimum atomic E-state index is -0.358. The van der Waals surface area contributed by atoms with E-state index in [1.54, 1.807) is 30.3 Å². The van der Waals surface area contributed by atoms with Gasteiger partial charge in [0.1, 0.15) is 11.6 Å². The molecule has 0 saturated carbocycles. The quantitative estimate of drug-likeness (QED) is 0.745. The Labute approximate surface area is 120 Å². The molecule has 1 aromatic heterocycles. The van der Waals surface area contributed by atoms with Gasteiger partial charge in [-0.25, -0.2) is 4.39 Å². The number of anilines is 1. The molecule has 0 spiro atoms. The third-order valence-electron chi connectivity index (χ3n) is 3.01. The first kappa shape index (κ1) is 13.0. The molecule has 106 valence electrons. The topological polar surface area (TPSA) is 78.9 Å². The molecule has 3 aromatic rings. The highest BCUT2D eigenvalue weighted by Gasteiger charge is 2.13. The van der Waals surface area contributed by atoms with Crippen molar-refractivity contribution in [3.8, 4) is 22.8 Å². The van der Waals surface area contributed by atoms with Crippen LogP contribution in [0.5, 0.6) is 5.75 Å². The summed E-state index contributed by atoms with van der Waals surface area (Å²) in [6.45, 7) is 0. The Bertz CT molecular complexity index is 787. The number of tetrazole rings is 1. The average molecular weight is 285 g/mol. The molecule has 0 fully saturated rings. The maximum atomic E-state index is 13.3. The van der Waals surface area contributed by atoms with E-state index in [0.29, 0.717) is 22.9 Å². The summed E-state index contributed by atoms with van der Waals surface area (Å²) in [5.74, 6) is 0.643. The Morgan fingerprint density at radius 1 is 1.19 bits per heavy atom. The number of nitrogens with zero attached hydrogens (tertiary/aromatic N) is 4. The predicted octanol–water partition coefficient (Wildman–Crippen LogP) is 2.06. The second-order valence-corrected chi connectivity index (χ2v) is 4.35. The highest BCUT2D eigenvalue weighted by molar-refractivity contribution is 5.66. The van der Waals surface area contributed by atoms with Gasteiger partial charge in [0.2, 0.25) is 0 Å². The zero-order chi connectivity index (χ0) is 14.8. The van der Waals surface area contributed by atoms with Crippen LogP contribution in [0, 0.1) is 5.82 Å². The minimum absolute atomic E-state index is 0.358. The molecular formula is C14H12FN5O. The Morgan fingerprint density at radius 2 is 2.05 bits per heavy atom. The first-order valence-electron chi connectivity index (χ1n) is 6.17. The van der Waals surface area contributed by atoms with Crippen LogP contribution in [-0.4, -0.2) is 27.3 Å². The molecule has 2 N–H and O–H groups in total. The Balaban J connectivity index is 2.11. The molecule has 3 rings (SSSR count). The monoisotopic (exact) mass is 285 g/mol. The summed E-state index contributed by atoms with van der Waals surface area (Å²) in [6, 6.07) is 11.3. The van der Waals surface area contributed by atoms with Gasteiger partial charge in [-0.1, -0.05) is 6.07 Å². The number of methoxy groups -OCH3 is 1. The van der Waals surface area contributed by atoms with Crippen LogP contribution in [0.3, 0.4) is 0 Å². The molecule has 21 heavy (non-hydrogen) atoms.